The van der Waals surface area contributed by atoms with E-state index in [1.165, 1.54) is 0 Å². The summed E-state index contributed by atoms with van der Waals surface area (Å²) in [7, 11) is -2.01. The summed E-state index contributed by atoms with van der Waals surface area (Å²) in [4.78, 5) is 0.240. The maximum Gasteiger partial charge on any atom is 0.240 e. The van der Waals surface area contributed by atoms with Crippen LogP contribution in [0.25, 0.3) is 0 Å². The first-order valence-electron chi connectivity index (χ1n) is 7.61. The SMILES string of the molecule is COc1ccccc1OCCNS(=O)(=O)c1ccc2c(c1)CCO2. The van der Waals surface area contributed by atoms with Crippen LogP contribution in [0.2, 0.25) is 0 Å². The average molecular weight is 349 g/mol. The lowest BCUT2D eigenvalue weighted by Crippen LogP contribution is -2.28. The van der Waals surface area contributed by atoms with Crippen LogP contribution in [0, 0.1) is 0 Å². The Labute approximate surface area is 141 Å². The molecule has 2 aromatic carbocycles. The Bertz CT molecular complexity index is 819. The van der Waals surface area contributed by atoms with Crippen LogP contribution in [-0.4, -0.2) is 35.3 Å². The van der Waals surface area contributed by atoms with Gasteiger partial charge in [0.2, 0.25) is 10.0 Å². The molecule has 3 rings (SSSR count). The van der Waals surface area contributed by atoms with Gasteiger partial charge >= 0.3 is 0 Å². The van der Waals surface area contributed by atoms with Crippen LogP contribution >= 0.6 is 0 Å². The van der Waals surface area contributed by atoms with Crippen molar-refractivity contribution in [2.24, 2.45) is 0 Å². The van der Waals surface area contributed by atoms with Crippen molar-refractivity contribution in [2.75, 3.05) is 26.9 Å². The Morgan fingerprint density at radius 2 is 1.96 bits per heavy atom. The number of methoxy groups -OCH3 is 1. The van der Waals surface area contributed by atoms with Crippen molar-refractivity contribution in [3.63, 3.8) is 0 Å². The number of para-hydroxylation sites is 2. The Hall–Kier alpha value is -2.25. The van der Waals surface area contributed by atoms with Crippen molar-refractivity contribution < 1.29 is 22.6 Å². The fourth-order valence-corrected chi connectivity index (χ4v) is 3.55. The summed E-state index contributed by atoms with van der Waals surface area (Å²) in [5.74, 6) is 1.95. The molecule has 128 valence electrons. The average Bonchev–Trinajstić information content (AvgIpc) is 3.07. The lowest BCUT2D eigenvalue weighted by Gasteiger charge is -2.11. The highest BCUT2D eigenvalue weighted by atomic mass is 32.2. The van der Waals surface area contributed by atoms with Crippen molar-refractivity contribution >= 4 is 10.0 Å². The lowest BCUT2D eigenvalue weighted by molar-refractivity contribution is 0.298. The highest BCUT2D eigenvalue weighted by molar-refractivity contribution is 7.89. The molecule has 0 atom stereocenters. The topological polar surface area (TPSA) is 73.9 Å². The Morgan fingerprint density at radius 3 is 2.75 bits per heavy atom. The quantitative estimate of drug-likeness (QED) is 0.774. The molecule has 7 heteroatoms. The van der Waals surface area contributed by atoms with Crippen molar-refractivity contribution in [2.45, 2.75) is 11.3 Å². The van der Waals surface area contributed by atoms with E-state index < -0.39 is 10.0 Å². The molecule has 0 saturated heterocycles. The normalized spacial score (nSPS) is 13.2. The molecule has 1 aliphatic heterocycles. The monoisotopic (exact) mass is 349 g/mol. The lowest BCUT2D eigenvalue weighted by atomic mass is 10.2. The first-order valence-corrected chi connectivity index (χ1v) is 9.10. The molecule has 1 N–H and O–H groups in total. The molecule has 0 amide bonds. The maximum atomic E-state index is 12.3. The van der Waals surface area contributed by atoms with Crippen LogP contribution in [-0.2, 0) is 16.4 Å². The van der Waals surface area contributed by atoms with Gasteiger partial charge in [0.15, 0.2) is 11.5 Å². The minimum Gasteiger partial charge on any atom is -0.493 e. The number of hydrogen-bond donors (Lipinski definition) is 1. The van der Waals surface area contributed by atoms with E-state index in [-0.39, 0.29) is 18.0 Å². The number of rotatable bonds is 7. The Morgan fingerprint density at radius 1 is 1.17 bits per heavy atom. The highest BCUT2D eigenvalue weighted by Gasteiger charge is 2.19. The predicted octanol–water partition coefficient (Wildman–Crippen LogP) is 1.99. The number of sulfonamides is 1. The van der Waals surface area contributed by atoms with E-state index in [1.807, 2.05) is 12.1 Å². The number of hydrogen-bond acceptors (Lipinski definition) is 5. The van der Waals surface area contributed by atoms with E-state index >= 15 is 0 Å². The summed E-state index contributed by atoms with van der Waals surface area (Å²) < 4.78 is 43.3. The summed E-state index contributed by atoms with van der Waals surface area (Å²) in [6.45, 7) is 0.959. The van der Waals surface area contributed by atoms with Gasteiger partial charge in [0, 0.05) is 13.0 Å². The van der Waals surface area contributed by atoms with Gasteiger partial charge in [0.1, 0.15) is 12.4 Å². The van der Waals surface area contributed by atoms with Gasteiger partial charge in [0.25, 0.3) is 0 Å². The van der Waals surface area contributed by atoms with Gasteiger partial charge in [-0.15, -0.1) is 0 Å². The van der Waals surface area contributed by atoms with Crippen molar-refractivity contribution in [3.05, 3.63) is 48.0 Å². The summed E-state index contributed by atoms with van der Waals surface area (Å²) in [5, 5.41) is 0. The van der Waals surface area contributed by atoms with E-state index in [9.17, 15) is 8.42 Å². The van der Waals surface area contributed by atoms with Crippen LogP contribution in [0.4, 0.5) is 0 Å². The van der Waals surface area contributed by atoms with Crippen LogP contribution in [0.15, 0.2) is 47.4 Å². The van der Waals surface area contributed by atoms with Crippen molar-refractivity contribution in [1.29, 1.82) is 0 Å². The van der Waals surface area contributed by atoms with Crippen LogP contribution in [0.5, 0.6) is 17.2 Å². The van der Waals surface area contributed by atoms with Gasteiger partial charge in [-0.3, -0.25) is 0 Å². The predicted molar refractivity (Wildman–Crippen MR) is 89.3 cm³/mol. The van der Waals surface area contributed by atoms with Crippen LogP contribution < -0.4 is 18.9 Å². The van der Waals surface area contributed by atoms with Gasteiger partial charge in [-0.05, 0) is 35.9 Å². The molecule has 0 unspecified atom stereocenters. The molecular weight excluding hydrogens is 330 g/mol. The molecule has 0 bridgehead atoms. The molecule has 1 heterocycles. The Balaban J connectivity index is 1.58. The third-order valence-corrected chi connectivity index (χ3v) is 5.15. The summed E-state index contributed by atoms with van der Waals surface area (Å²) in [6, 6.07) is 12.1. The van der Waals surface area contributed by atoms with E-state index in [1.54, 1.807) is 37.4 Å². The van der Waals surface area contributed by atoms with E-state index in [0.29, 0.717) is 18.1 Å². The standard InChI is InChI=1S/C17H19NO5S/c1-21-16-4-2-3-5-17(16)23-11-9-18-24(19,20)14-6-7-15-13(12-14)8-10-22-15/h2-7,12,18H,8-11H2,1H3. The van der Waals surface area contributed by atoms with Gasteiger partial charge in [-0.1, -0.05) is 12.1 Å². The second kappa shape index (κ2) is 7.11. The number of fused-ring (bicyclic) bond motifs is 1. The van der Waals surface area contributed by atoms with E-state index in [0.717, 1.165) is 17.7 Å². The molecule has 1 aliphatic rings. The number of benzene rings is 2. The highest BCUT2D eigenvalue weighted by Crippen LogP contribution is 2.27. The molecule has 0 aromatic heterocycles. The van der Waals surface area contributed by atoms with Gasteiger partial charge in [-0.2, -0.15) is 0 Å². The summed E-state index contributed by atoms with van der Waals surface area (Å²) >= 11 is 0. The molecule has 0 fully saturated rings. The first kappa shape index (κ1) is 16.6. The Kier molecular flexibility index (Phi) is 4.92. The number of ether oxygens (including phenoxy) is 3. The third-order valence-electron chi connectivity index (χ3n) is 3.69. The molecule has 0 spiro atoms. The fourth-order valence-electron chi connectivity index (χ4n) is 2.49. The molecule has 6 nitrogen and oxygen atoms in total. The second-order valence-electron chi connectivity index (χ2n) is 5.27. The molecule has 0 radical (unpaired) electrons. The minimum atomic E-state index is -3.57. The molecule has 2 aromatic rings. The maximum absolute atomic E-state index is 12.3. The van der Waals surface area contributed by atoms with Crippen LogP contribution in [0.3, 0.4) is 0 Å². The molecule has 0 aliphatic carbocycles. The third kappa shape index (κ3) is 3.63. The van der Waals surface area contributed by atoms with Gasteiger partial charge in [-0.25, -0.2) is 13.1 Å². The minimum absolute atomic E-state index is 0.161. The fraction of sp³-hybridized carbons (Fsp3) is 0.294. The van der Waals surface area contributed by atoms with Crippen molar-refractivity contribution in [3.8, 4) is 17.2 Å². The van der Waals surface area contributed by atoms with E-state index in [4.69, 9.17) is 14.2 Å². The van der Waals surface area contributed by atoms with Crippen LogP contribution in [0.1, 0.15) is 5.56 Å². The summed E-state index contributed by atoms with van der Waals surface area (Å²) in [6.07, 6.45) is 0.732. The first-order chi connectivity index (χ1) is 11.6. The molecular formula is C17H19NO5S. The van der Waals surface area contributed by atoms with Gasteiger partial charge in [0.05, 0.1) is 18.6 Å². The number of nitrogens with one attached hydrogen (secondary N) is 1. The zero-order valence-corrected chi connectivity index (χ0v) is 14.1. The van der Waals surface area contributed by atoms with E-state index in [2.05, 4.69) is 4.72 Å². The smallest absolute Gasteiger partial charge is 0.240 e. The molecule has 0 saturated carbocycles. The zero-order valence-electron chi connectivity index (χ0n) is 13.3. The van der Waals surface area contributed by atoms with Gasteiger partial charge < -0.3 is 14.2 Å². The second-order valence-corrected chi connectivity index (χ2v) is 7.03. The summed E-state index contributed by atoms with van der Waals surface area (Å²) in [5.41, 5.74) is 0.920. The molecule has 24 heavy (non-hydrogen) atoms. The largest absolute Gasteiger partial charge is 0.493 e. The van der Waals surface area contributed by atoms with Crippen molar-refractivity contribution in [1.82, 2.24) is 4.72 Å². The zero-order chi connectivity index (χ0) is 17.0.